The predicted molar refractivity (Wildman–Crippen MR) is 134 cm³/mol. The molecule has 4 rings (SSSR count). The second-order valence-corrected chi connectivity index (χ2v) is 9.61. The monoisotopic (exact) mass is 504 g/mol. The van der Waals surface area contributed by atoms with Crippen molar-refractivity contribution in [1.29, 1.82) is 0 Å². The molecule has 1 saturated heterocycles. The summed E-state index contributed by atoms with van der Waals surface area (Å²) in [6, 6.07) is 10.1. The first-order chi connectivity index (χ1) is 16.1. The van der Waals surface area contributed by atoms with Crippen LogP contribution in [0.4, 0.5) is 8.78 Å². The number of likely N-dealkylation sites (tertiary alicyclic amines) is 1. The molecule has 1 aliphatic rings. The van der Waals surface area contributed by atoms with Crippen LogP contribution in [0.1, 0.15) is 43.7 Å². The first-order valence-corrected chi connectivity index (χ1v) is 11.5. The van der Waals surface area contributed by atoms with Gasteiger partial charge in [-0.25, -0.2) is 8.78 Å². The molecule has 6 nitrogen and oxygen atoms in total. The molecular formula is C26H31ClF2N4O2. The Labute approximate surface area is 209 Å². The number of H-pyrrole nitrogens is 1. The lowest BCUT2D eigenvalue weighted by Crippen LogP contribution is -2.57. The number of carbonyl (C=O) groups is 2. The van der Waals surface area contributed by atoms with E-state index >= 15 is 0 Å². The van der Waals surface area contributed by atoms with Gasteiger partial charge in [0.15, 0.2) is 0 Å². The van der Waals surface area contributed by atoms with Crippen LogP contribution < -0.4 is 11.1 Å². The molecule has 1 atom stereocenters. The molecule has 2 amide bonds. The van der Waals surface area contributed by atoms with Gasteiger partial charge < -0.3 is 20.9 Å². The maximum atomic E-state index is 13.8. The van der Waals surface area contributed by atoms with Gasteiger partial charge in [0.1, 0.15) is 17.7 Å². The van der Waals surface area contributed by atoms with Crippen LogP contribution >= 0.6 is 12.4 Å². The first-order valence-electron chi connectivity index (χ1n) is 11.5. The zero-order valence-electron chi connectivity index (χ0n) is 19.8. The number of hydrogen-bond donors (Lipinski definition) is 3. The van der Waals surface area contributed by atoms with Crippen molar-refractivity contribution in [3.63, 3.8) is 0 Å². The van der Waals surface area contributed by atoms with Crippen LogP contribution in [0.25, 0.3) is 10.9 Å². The van der Waals surface area contributed by atoms with Gasteiger partial charge in [0, 0.05) is 36.6 Å². The van der Waals surface area contributed by atoms with Crippen LogP contribution in [0, 0.1) is 11.6 Å². The van der Waals surface area contributed by atoms with E-state index in [1.165, 1.54) is 24.3 Å². The van der Waals surface area contributed by atoms with Gasteiger partial charge in [-0.05, 0) is 74.1 Å². The van der Waals surface area contributed by atoms with Gasteiger partial charge in [-0.2, -0.15) is 0 Å². The number of halogens is 3. The molecule has 35 heavy (non-hydrogen) atoms. The third-order valence-electron chi connectivity index (χ3n) is 6.49. The summed E-state index contributed by atoms with van der Waals surface area (Å²) in [7, 11) is 0. The molecule has 0 radical (unpaired) electrons. The van der Waals surface area contributed by atoms with E-state index < -0.39 is 17.5 Å². The average molecular weight is 505 g/mol. The molecule has 1 aliphatic heterocycles. The highest BCUT2D eigenvalue weighted by Gasteiger charge is 2.33. The number of piperidine rings is 1. The number of aromatic nitrogens is 1. The zero-order chi connectivity index (χ0) is 24.5. The van der Waals surface area contributed by atoms with Crippen molar-refractivity contribution in [1.82, 2.24) is 15.2 Å². The fraction of sp³-hybridized carbons (Fsp3) is 0.385. The summed E-state index contributed by atoms with van der Waals surface area (Å²) in [4.78, 5) is 31.0. The molecule has 0 unspecified atom stereocenters. The largest absolute Gasteiger partial charge is 0.361 e. The smallest absolute Gasteiger partial charge is 0.245 e. The highest BCUT2D eigenvalue weighted by atomic mass is 35.5. The van der Waals surface area contributed by atoms with Crippen molar-refractivity contribution in [3.05, 3.63) is 71.4 Å². The molecule has 0 aliphatic carbocycles. The number of hydrogen-bond acceptors (Lipinski definition) is 3. The summed E-state index contributed by atoms with van der Waals surface area (Å²) >= 11 is 0. The van der Waals surface area contributed by atoms with E-state index in [1.54, 1.807) is 43.1 Å². The Morgan fingerprint density at radius 3 is 2.37 bits per heavy atom. The van der Waals surface area contributed by atoms with Crippen LogP contribution in [0.3, 0.4) is 0 Å². The van der Waals surface area contributed by atoms with Crippen molar-refractivity contribution >= 4 is 35.1 Å². The maximum Gasteiger partial charge on any atom is 0.245 e. The molecule has 0 saturated carbocycles. The quantitative estimate of drug-likeness (QED) is 0.473. The normalized spacial score (nSPS) is 15.5. The lowest BCUT2D eigenvalue weighted by atomic mass is 9.89. The summed E-state index contributed by atoms with van der Waals surface area (Å²) in [5, 5.41) is 3.49. The van der Waals surface area contributed by atoms with E-state index in [4.69, 9.17) is 5.73 Å². The maximum absolute atomic E-state index is 13.8. The zero-order valence-corrected chi connectivity index (χ0v) is 20.6. The van der Waals surface area contributed by atoms with E-state index in [1.807, 2.05) is 0 Å². The van der Waals surface area contributed by atoms with Crippen LogP contribution in [0.5, 0.6) is 0 Å². The molecule has 2 aromatic carbocycles. The summed E-state index contributed by atoms with van der Waals surface area (Å²) in [5.74, 6) is -1.02. The molecule has 9 heteroatoms. The molecule has 4 N–H and O–H groups in total. The Balaban J connectivity index is 0.00000342. The second kappa shape index (κ2) is 10.7. The number of nitrogens with one attached hydrogen (secondary N) is 2. The summed E-state index contributed by atoms with van der Waals surface area (Å²) < 4.78 is 27.1. The van der Waals surface area contributed by atoms with Crippen molar-refractivity contribution in [3.8, 4) is 0 Å². The summed E-state index contributed by atoms with van der Waals surface area (Å²) in [6.45, 7) is 4.22. The highest BCUT2D eigenvalue weighted by Crippen LogP contribution is 2.29. The van der Waals surface area contributed by atoms with Gasteiger partial charge in [0.25, 0.3) is 0 Å². The SMILES string of the molecule is CC(C)(N)C(=O)N[C@H](Cc1c[nH]c2ccc(F)cc12)C(=O)N1CCC(c2ccc(F)cc2)CC1.Cl. The predicted octanol–water partition coefficient (Wildman–Crippen LogP) is 4.04. The van der Waals surface area contributed by atoms with Crippen molar-refractivity contribution in [2.75, 3.05) is 13.1 Å². The Bertz CT molecular complexity index is 1180. The minimum Gasteiger partial charge on any atom is -0.361 e. The Morgan fingerprint density at radius 1 is 1.11 bits per heavy atom. The molecule has 0 spiro atoms. The highest BCUT2D eigenvalue weighted by molar-refractivity contribution is 5.92. The molecule has 2 heterocycles. The minimum absolute atomic E-state index is 0. The first kappa shape index (κ1) is 26.6. The molecule has 0 bridgehead atoms. The number of carbonyl (C=O) groups excluding carboxylic acids is 2. The van der Waals surface area contributed by atoms with E-state index in [0.29, 0.717) is 18.5 Å². The summed E-state index contributed by atoms with van der Waals surface area (Å²) in [5.41, 5.74) is 7.37. The lowest BCUT2D eigenvalue weighted by Gasteiger charge is -2.35. The fourth-order valence-corrected chi connectivity index (χ4v) is 4.47. The van der Waals surface area contributed by atoms with E-state index in [-0.39, 0.29) is 42.3 Å². The topological polar surface area (TPSA) is 91.2 Å². The third-order valence-corrected chi connectivity index (χ3v) is 6.49. The summed E-state index contributed by atoms with van der Waals surface area (Å²) in [6.07, 6.45) is 3.45. The number of fused-ring (bicyclic) bond motifs is 1. The number of nitrogens with zero attached hydrogens (tertiary/aromatic N) is 1. The van der Waals surface area contributed by atoms with Gasteiger partial charge in [0.2, 0.25) is 11.8 Å². The number of nitrogens with two attached hydrogens (primary N) is 1. The van der Waals surface area contributed by atoms with Crippen LogP contribution in [-0.4, -0.2) is 46.4 Å². The van der Waals surface area contributed by atoms with E-state index in [9.17, 15) is 18.4 Å². The van der Waals surface area contributed by atoms with Crippen molar-refractivity contribution < 1.29 is 18.4 Å². The van der Waals surface area contributed by atoms with Gasteiger partial charge in [-0.15, -0.1) is 12.4 Å². The standard InChI is InChI=1S/C26H30F2N4O2.ClH/c1-26(2,29)25(34)31-23(13-18-15-30-22-8-7-20(28)14-21(18)22)24(33)32-11-9-17(10-12-32)16-3-5-19(27)6-4-16;/h3-8,14-15,17,23,30H,9-13,29H2,1-2H3,(H,31,34);1H/t23-;/m1./s1. The Hall–Kier alpha value is -2.97. The minimum atomic E-state index is -1.15. The average Bonchev–Trinajstić information content (AvgIpc) is 3.20. The molecule has 1 aromatic heterocycles. The third kappa shape index (κ3) is 6.18. The Morgan fingerprint density at radius 2 is 1.74 bits per heavy atom. The molecular weight excluding hydrogens is 474 g/mol. The number of rotatable bonds is 6. The lowest BCUT2D eigenvalue weighted by molar-refractivity contribution is -0.138. The van der Waals surface area contributed by atoms with E-state index in [2.05, 4.69) is 10.3 Å². The fourth-order valence-electron chi connectivity index (χ4n) is 4.47. The van der Waals surface area contributed by atoms with Gasteiger partial charge in [-0.1, -0.05) is 12.1 Å². The van der Waals surface area contributed by atoms with Crippen molar-refractivity contribution in [2.45, 2.75) is 50.6 Å². The van der Waals surface area contributed by atoms with Gasteiger partial charge in [-0.3, -0.25) is 9.59 Å². The number of amides is 2. The molecule has 188 valence electrons. The van der Waals surface area contributed by atoms with Gasteiger partial charge >= 0.3 is 0 Å². The molecule has 3 aromatic rings. The van der Waals surface area contributed by atoms with Crippen LogP contribution in [0.15, 0.2) is 48.7 Å². The second-order valence-electron chi connectivity index (χ2n) is 9.61. The van der Waals surface area contributed by atoms with Crippen molar-refractivity contribution in [2.24, 2.45) is 5.73 Å². The number of aromatic amines is 1. The molecule has 1 fully saturated rings. The van der Waals surface area contributed by atoms with Crippen LogP contribution in [-0.2, 0) is 16.0 Å². The Kier molecular flexibility index (Phi) is 8.18. The van der Waals surface area contributed by atoms with E-state index in [0.717, 1.165) is 29.5 Å². The van der Waals surface area contributed by atoms with Crippen LogP contribution in [0.2, 0.25) is 0 Å². The van der Waals surface area contributed by atoms with Gasteiger partial charge in [0.05, 0.1) is 5.54 Å². The number of benzene rings is 2.